The Morgan fingerprint density at radius 2 is 2.00 bits per heavy atom. The van der Waals surface area contributed by atoms with Crippen LogP contribution in [0.1, 0.15) is 15.9 Å². The van der Waals surface area contributed by atoms with E-state index >= 15 is 0 Å². The fourth-order valence-electron chi connectivity index (χ4n) is 2.71. The lowest BCUT2D eigenvalue weighted by atomic mass is 10.1. The average molecular weight is 308 g/mol. The van der Waals surface area contributed by atoms with Gasteiger partial charge in [0.2, 0.25) is 9.84 Å². The molecule has 6 nitrogen and oxygen atoms in total. The summed E-state index contributed by atoms with van der Waals surface area (Å²) in [6.07, 6.45) is 1.51. The summed E-state index contributed by atoms with van der Waals surface area (Å²) in [5.74, 6) is -1.11. The lowest BCUT2D eigenvalue weighted by molar-refractivity contribution is 0.0696. The molecule has 2 heterocycles. The Balaban J connectivity index is 1.97. The standard InChI is InChI=1S/C14H16N2O4S/c17-14(18)11-2-1-3-13-12(11)8-10(21(13,19)20)9-16-6-4-15-5-7-16/h1-3,8,15H,4-7,9H2,(H,17,18). The number of nitrogens with zero attached hydrogens (tertiary/aromatic N) is 1. The highest BCUT2D eigenvalue weighted by molar-refractivity contribution is 7.95. The van der Waals surface area contributed by atoms with E-state index in [1.807, 2.05) is 0 Å². The molecule has 0 radical (unpaired) electrons. The Morgan fingerprint density at radius 1 is 1.29 bits per heavy atom. The summed E-state index contributed by atoms with van der Waals surface area (Å²) in [6, 6.07) is 4.38. The maximum absolute atomic E-state index is 12.5. The second-order valence-corrected chi connectivity index (χ2v) is 7.13. The van der Waals surface area contributed by atoms with Gasteiger partial charge in [0.15, 0.2) is 0 Å². The number of rotatable bonds is 3. The van der Waals surface area contributed by atoms with Crippen LogP contribution in [0.3, 0.4) is 0 Å². The van der Waals surface area contributed by atoms with Crippen molar-refractivity contribution in [2.45, 2.75) is 4.90 Å². The van der Waals surface area contributed by atoms with Gasteiger partial charge in [0.05, 0.1) is 15.4 Å². The molecule has 0 unspecified atom stereocenters. The van der Waals surface area contributed by atoms with Crippen LogP contribution in [0.2, 0.25) is 0 Å². The predicted octanol–water partition coefficient (Wildman–Crippen LogP) is 0.418. The molecular formula is C14H16N2O4S. The average Bonchev–Trinajstić information content (AvgIpc) is 2.71. The predicted molar refractivity (Wildman–Crippen MR) is 77.9 cm³/mol. The number of hydrogen-bond donors (Lipinski definition) is 2. The van der Waals surface area contributed by atoms with Crippen molar-refractivity contribution in [2.24, 2.45) is 0 Å². The van der Waals surface area contributed by atoms with Crippen LogP contribution >= 0.6 is 0 Å². The van der Waals surface area contributed by atoms with Gasteiger partial charge in [-0.05, 0) is 18.2 Å². The van der Waals surface area contributed by atoms with Crippen molar-refractivity contribution in [3.05, 3.63) is 34.2 Å². The number of hydrogen-bond acceptors (Lipinski definition) is 5. The van der Waals surface area contributed by atoms with Crippen molar-refractivity contribution in [3.8, 4) is 0 Å². The fraction of sp³-hybridized carbons (Fsp3) is 0.357. The van der Waals surface area contributed by atoms with Crippen molar-refractivity contribution >= 4 is 21.9 Å². The molecule has 0 atom stereocenters. The molecule has 21 heavy (non-hydrogen) atoms. The Morgan fingerprint density at radius 3 is 2.67 bits per heavy atom. The molecule has 0 aliphatic carbocycles. The van der Waals surface area contributed by atoms with E-state index in [4.69, 9.17) is 0 Å². The van der Waals surface area contributed by atoms with Crippen LogP contribution in [-0.2, 0) is 9.84 Å². The normalized spacial score (nSPS) is 20.9. The van der Waals surface area contributed by atoms with Gasteiger partial charge in [-0.2, -0.15) is 0 Å². The Hall–Kier alpha value is -1.70. The van der Waals surface area contributed by atoms with E-state index in [0.29, 0.717) is 12.1 Å². The van der Waals surface area contributed by atoms with Gasteiger partial charge < -0.3 is 10.4 Å². The molecule has 0 amide bonds. The monoisotopic (exact) mass is 308 g/mol. The summed E-state index contributed by atoms with van der Waals surface area (Å²) in [7, 11) is -3.57. The molecule has 0 spiro atoms. The quantitative estimate of drug-likeness (QED) is 0.841. The number of piperazine rings is 1. The minimum atomic E-state index is -3.57. The molecule has 1 fully saturated rings. The van der Waals surface area contributed by atoms with E-state index in [1.54, 1.807) is 0 Å². The van der Waals surface area contributed by atoms with Crippen LogP contribution in [0, 0.1) is 0 Å². The van der Waals surface area contributed by atoms with Gasteiger partial charge in [0, 0.05) is 38.3 Å². The molecule has 0 bridgehead atoms. The van der Waals surface area contributed by atoms with Crippen LogP contribution in [0.5, 0.6) is 0 Å². The zero-order chi connectivity index (χ0) is 15.0. The zero-order valence-electron chi connectivity index (χ0n) is 11.4. The summed E-state index contributed by atoms with van der Waals surface area (Å²) < 4.78 is 25.1. The maximum atomic E-state index is 12.5. The molecule has 2 aliphatic heterocycles. The van der Waals surface area contributed by atoms with Crippen LogP contribution in [0.25, 0.3) is 6.08 Å². The first-order chi connectivity index (χ1) is 10.00. The van der Waals surface area contributed by atoms with Gasteiger partial charge in [-0.15, -0.1) is 0 Å². The van der Waals surface area contributed by atoms with Crippen LogP contribution in [0.4, 0.5) is 0 Å². The first-order valence-electron chi connectivity index (χ1n) is 6.75. The maximum Gasteiger partial charge on any atom is 0.336 e. The zero-order valence-corrected chi connectivity index (χ0v) is 12.2. The number of fused-ring (bicyclic) bond motifs is 1. The smallest absolute Gasteiger partial charge is 0.336 e. The lowest BCUT2D eigenvalue weighted by Gasteiger charge is -2.27. The van der Waals surface area contributed by atoms with Crippen LogP contribution < -0.4 is 5.32 Å². The third-order valence-corrected chi connectivity index (χ3v) is 5.70. The van der Waals surface area contributed by atoms with Gasteiger partial charge >= 0.3 is 5.97 Å². The van der Waals surface area contributed by atoms with Crippen LogP contribution in [0.15, 0.2) is 28.0 Å². The highest BCUT2D eigenvalue weighted by atomic mass is 32.2. The minimum Gasteiger partial charge on any atom is -0.478 e. The molecule has 0 aromatic heterocycles. The molecule has 1 aromatic rings. The van der Waals surface area contributed by atoms with E-state index in [2.05, 4.69) is 10.2 Å². The number of benzene rings is 1. The number of carbonyl (C=O) groups is 1. The summed E-state index contributed by atoms with van der Waals surface area (Å²) >= 11 is 0. The first-order valence-corrected chi connectivity index (χ1v) is 8.23. The molecular weight excluding hydrogens is 292 g/mol. The van der Waals surface area contributed by atoms with Crippen LogP contribution in [-0.4, -0.2) is 57.1 Å². The summed E-state index contributed by atoms with van der Waals surface area (Å²) in [5, 5.41) is 12.4. The highest BCUT2D eigenvalue weighted by Crippen LogP contribution is 2.35. The molecule has 2 N–H and O–H groups in total. The number of aromatic carboxylic acids is 1. The number of carboxylic acids is 1. The third-order valence-electron chi connectivity index (χ3n) is 3.83. The second kappa shape index (κ2) is 5.25. The Labute approximate surface area is 123 Å². The van der Waals surface area contributed by atoms with Crippen molar-refractivity contribution in [1.29, 1.82) is 0 Å². The van der Waals surface area contributed by atoms with Gasteiger partial charge in [-0.1, -0.05) is 6.07 Å². The largest absolute Gasteiger partial charge is 0.478 e. The van der Waals surface area contributed by atoms with Gasteiger partial charge in [-0.3, -0.25) is 4.90 Å². The first kappa shape index (κ1) is 14.2. The minimum absolute atomic E-state index is 0.0337. The Bertz CT molecular complexity index is 718. The van der Waals surface area contributed by atoms with Crippen molar-refractivity contribution < 1.29 is 18.3 Å². The van der Waals surface area contributed by atoms with Gasteiger partial charge in [0.25, 0.3) is 0 Å². The number of sulfone groups is 1. The highest BCUT2D eigenvalue weighted by Gasteiger charge is 2.33. The fourth-order valence-corrected chi connectivity index (χ4v) is 4.34. The molecule has 1 aromatic carbocycles. The molecule has 112 valence electrons. The van der Waals surface area contributed by atoms with Crippen molar-refractivity contribution in [1.82, 2.24) is 10.2 Å². The van der Waals surface area contributed by atoms with Gasteiger partial charge in [0.1, 0.15) is 0 Å². The molecule has 3 rings (SSSR count). The topological polar surface area (TPSA) is 86.7 Å². The molecule has 2 aliphatic rings. The molecule has 7 heteroatoms. The summed E-state index contributed by atoms with van der Waals surface area (Å²) in [5.41, 5.74) is 0.335. The number of nitrogens with one attached hydrogen (secondary N) is 1. The SMILES string of the molecule is O=C(O)c1cccc2c1C=C(CN1CCNCC1)S2(=O)=O. The number of carboxylic acid groups (broad SMARTS) is 1. The second-order valence-electron chi connectivity index (χ2n) is 5.16. The Kier molecular flexibility index (Phi) is 3.56. The third kappa shape index (κ3) is 2.48. The van der Waals surface area contributed by atoms with Crippen molar-refractivity contribution in [3.63, 3.8) is 0 Å². The van der Waals surface area contributed by atoms with E-state index in [9.17, 15) is 18.3 Å². The van der Waals surface area contributed by atoms with E-state index < -0.39 is 15.8 Å². The van der Waals surface area contributed by atoms with E-state index in [0.717, 1.165) is 26.2 Å². The molecule has 0 saturated carbocycles. The van der Waals surface area contributed by atoms with E-state index in [-0.39, 0.29) is 15.4 Å². The summed E-state index contributed by atoms with van der Waals surface area (Å²) in [4.78, 5) is 13.7. The molecule has 1 saturated heterocycles. The lowest BCUT2D eigenvalue weighted by Crippen LogP contribution is -2.44. The summed E-state index contributed by atoms with van der Waals surface area (Å²) in [6.45, 7) is 3.57. The van der Waals surface area contributed by atoms with Gasteiger partial charge in [-0.25, -0.2) is 13.2 Å². The van der Waals surface area contributed by atoms with Crippen molar-refractivity contribution in [2.75, 3.05) is 32.7 Å². The van der Waals surface area contributed by atoms with E-state index in [1.165, 1.54) is 24.3 Å².